The minimum atomic E-state index is 0.311. The maximum Gasteiger partial charge on any atom is 0.138 e. The molecule has 2 nitrogen and oxygen atoms in total. The van der Waals surface area contributed by atoms with Crippen molar-refractivity contribution in [2.24, 2.45) is 0 Å². The third kappa shape index (κ3) is 4.57. The molecule has 96 valence electrons. The first kappa shape index (κ1) is 14.3. The summed E-state index contributed by atoms with van der Waals surface area (Å²) in [5.41, 5.74) is 1.18. The molecule has 1 aromatic rings. The van der Waals surface area contributed by atoms with Gasteiger partial charge >= 0.3 is 0 Å². The maximum atomic E-state index is 6.07. The highest BCUT2D eigenvalue weighted by Crippen LogP contribution is 2.27. The number of hydrogen-bond donors (Lipinski definition) is 1. The van der Waals surface area contributed by atoms with Crippen LogP contribution in [-0.4, -0.2) is 19.2 Å². The topological polar surface area (TPSA) is 21.3 Å². The molecule has 1 aliphatic heterocycles. The summed E-state index contributed by atoms with van der Waals surface area (Å²) >= 11 is 6.07. The fraction of sp³-hybridized carbons (Fsp3) is 0.571. The molecule has 1 fully saturated rings. The molecular formula is C14H22ClNO. The Balaban J connectivity index is 0.000000686. The Bertz CT molecular complexity index is 335. The molecule has 0 unspecified atom stereocenters. The average Bonchev–Trinajstić information content (AvgIpc) is 2.38. The molecule has 17 heavy (non-hydrogen) atoms. The summed E-state index contributed by atoms with van der Waals surface area (Å²) in [6.07, 6.45) is 2.43. The fourth-order valence-corrected chi connectivity index (χ4v) is 1.96. The molecule has 2 rings (SSSR count). The molecule has 0 amide bonds. The van der Waals surface area contributed by atoms with E-state index in [9.17, 15) is 0 Å². The van der Waals surface area contributed by atoms with Crippen molar-refractivity contribution in [2.45, 2.75) is 39.7 Å². The zero-order valence-electron chi connectivity index (χ0n) is 10.9. The highest BCUT2D eigenvalue weighted by Gasteiger charge is 2.15. The molecule has 0 spiro atoms. The van der Waals surface area contributed by atoms with E-state index in [1.165, 1.54) is 5.56 Å². The first-order valence-electron chi connectivity index (χ1n) is 6.39. The summed E-state index contributed by atoms with van der Waals surface area (Å²) in [4.78, 5) is 0. The van der Waals surface area contributed by atoms with E-state index in [2.05, 4.69) is 5.32 Å². The molecule has 1 aromatic carbocycles. The van der Waals surface area contributed by atoms with E-state index in [-0.39, 0.29) is 0 Å². The van der Waals surface area contributed by atoms with Crippen LogP contribution in [0.3, 0.4) is 0 Å². The van der Waals surface area contributed by atoms with Gasteiger partial charge in [0.2, 0.25) is 0 Å². The minimum absolute atomic E-state index is 0.311. The van der Waals surface area contributed by atoms with Gasteiger partial charge in [-0.3, -0.25) is 0 Å². The number of benzene rings is 1. The van der Waals surface area contributed by atoms with Crippen LogP contribution < -0.4 is 10.1 Å². The number of rotatable bonds is 2. The van der Waals surface area contributed by atoms with E-state index >= 15 is 0 Å². The van der Waals surface area contributed by atoms with Gasteiger partial charge in [-0.25, -0.2) is 0 Å². The number of halogens is 1. The second-order valence-electron chi connectivity index (χ2n) is 4.00. The van der Waals surface area contributed by atoms with E-state index in [0.29, 0.717) is 11.1 Å². The van der Waals surface area contributed by atoms with Crippen LogP contribution >= 0.6 is 11.6 Å². The smallest absolute Gasteiger partial charge is 0.138 e. The van der Waals surface area contributed by atoms with Gasteiger partial charge in [0.25, 0.3) is 0 Å². The number of hydrogen-bond acceptors (Lipinski definition) is 2. The van der Waals surface area contributed by atoms with Gasteiger partial charge in [0, 0.05) is 0 Å². The Kier molecular flexibility index (Phi) is 6.38. The maximum absolute atomic E-state index is 6.07. The number of piperidine rings is 1. The Morgan fingerprint density at radius 1 is 1.24 bits per heavy atom. The lowest BCUT2D eigenvalue weighted by atomic mass is 10.1. The van der Waals surface area contributed by atoms with Crippen LogP contribution in [-0.2, 0) is 0 Å². The highest BCUT2D eigenvalue weighted by atomic mass is 35.5. The zero-order valence-corrected chi connectivity index (χ0v) is 11.7. The summed E-state index contributed by atoms with van der Waals surface area (Å²) in [6, 6.07) is 5.90. The lowest BCUT2D eigenvalue weighted by Crippen LogP contribution is -2.34. The van der Waals surface area contributed by atoms with Crippen LogP contribution in [0, 0.1) is 6.92 Å². The van der Waals surface area contributed by atoms with Gasteiger partial charge in [0.1, 0.15) is 11.9 Å². The molecule has 0 radical (unpaired) electrons. The van der Waals surface area contributed by atoms with E-state index in [1.807, 2.05) is 39.0 Å². The zero-order chi connectivity index (χ0) is 12.7. The van der Waals surface area contributed by atoms with E-state index in [4.69, 9.17) is 16.3 Å². The van der Waals surface area contributed by atoms with Crippen LogP contribution in [0.1, 0.15) is 32.3 Å². The van der Waals surface area contributed by atoms with Gasteiger partial charge in [-0.1, -0.05) is 31.5 Å². The molecule has 1 N–H and O–H groups in total. The second-order valence-corrected chi connectivity index (χ2v) is 4.41. The molecule has 1 aliphatic rings. The van der Waals surface area contributed by atoms with Crippen molar-refractivity contribution in [3.8, 4) is 5.75 Å². The molecule has 0 aliphatic carbocycles. The number of nitrogens with one attached hydrogen (secondary N) is 1. The Morgan fingerprint density at radius 3 is 2.53 bits per heavy atom. The largest absolute Gasteiger partial charge is 0.489 e. The van der Waals surface area contributed by atoms with Crippen LogP contribution in [0.5, 0.6) is 5.75 Å². The molecule has 0 saturated carbocycles. The van der Waals surface area contributed by atoms with Gasteiger partial charge in [-0.2, -0.15) is 0 Å². The summed E-state index contributed by atoms with van der Waals surface area (Å²) in [6.45, 7) is 8.12. The lowest BCUT2D eigenvalue weighted by molar-refractivity contribution is 0.162. The van der Waals surface area contributed by atoms with Gasteiger partial charge < -0.3 is 10.1 Å². The first-order chi connectivity index (χ1) is 8.25. The third-order valence-electron chi connectivity index (χ3n) is 2.67. The number of aryl methyl sites for hydroxylation is 1. The van der Waals surface area contributed by atoms with Crippen molar-refractivity contribution in [3.05, 3.63) is 28.8 Å². The first-order valence-corrected chi connectivity index (χ1v) is 6.77. The molecule has 1 saturated heterocycles. The normalized spacial score (nSPS) is 16.0. The monoisotopic (exact) mass is 255 g/mol. The van der Waals surface area contributed by atoms with Crippen molar-refractivity contribution in [1.29, 1.82) is 0 Å². The van der Waals surface area contributed by atoms with Gasteiger partial charge in [0.05, 0.1) is 5.02 Å². The van der Waals surface area contributed by atoms with Crippen LogP contribution in [0.25, 0.3) is 0 Å². The standard InChI is InChI=1S/C12H16ClNO.C2H6/c1-9-2-3-11(13)12(8-9)15-10-4-6-14-7-5-10;1-2/h2-3,8,10,14H,4-7H2,1H3;1-2H3. The van der Waals surface area contributed by atoms with E-state index in [1.54, 1.807) is 0 Å². The van der Waals surface area contributed by atoms with Crippen molar-refractivity contribution < 1.29 is 4.74 Å². The molecule has 3 heteroatoms. The summed E-state index contributed by atoms with van der Waals surface area (Å²) in [5, 5.41) is 4.02. The molecule has 1 heterocycles. The fourth-order valence-electron chi connectivity index (χ4n) is 1.79. The Labute approximate surface area is 109 Å². The highest BCUT2D eigenvalue weighted by molar-refractivity contribution is 6.32. The number of ether oxygens (including phenoxy) is 1. The van der Waals surface area contributed by atoms with Crippen molar-refractivity contribution in [1.82, 2.24) is 5.32 Å². The molecular weight excluding hydrogens is 234 g/mol. The molecule has 0 atom stereocenters. The summed E-state index contributed by atoms with van der Waals surface area (Å²) in [7, 11) is 0. The van der Waals surface area contributed by atoms with E-state index < -0.39 is 0 Å². The van der Waals surface area contributed by atoms with Crippen LogP contribution in [0.2, 0.25) is 5.02 Å². The van der Waals surface area contributed by atoms with Crippen LogP contribution in [0.4, 0.5) is 0 Å². The average molecular weight is 256 g/mol. The predicted molar refractivity (Wildman–Crippen MR) is 74.1 cm³/mol. The molecule has 0 aromatic heterocycles. The third-order valence-corrected chi connectivity index (χ3v) is 2.98. The SMILES string of the molecule is CC.Cc1ccc(Cl)c(OC2CCNCC2)c1. The van der Waals surface area contributed by atoms with Crippen molar-refractivity contribution in [3.63, 3.8) is 0 Å². The quantitative estimate of drug-likeness (QED) is 0.868. The second kappa shape index (κ2) is 7.57. The predicted octanol–water partition coefficient (Wildman–Crippen LogP) is 3.81. The van der Waals surface area contributed by atoms with Gasteiger partial charge in [-0.05, 0) is 50.6 Å². The van der Waals surface area contributed by atoms with Crippen molar-refractivity contribution in [2.75, 3.05) is 13.1 Å². The minimum Gasteiger partial charge on any atom is -0.489 e. The van der Waals surface area contributed by atoms with Crippen molar-refractivity contribution >= 4 is 11.6 Å². The molecule has 0 bridgehead atoms. The Hall–Kier alpha value is -0.730. The summed E-state index contributed by atoms with van der Waals surface area (Å²) in [5.74, 6) is 0.823. The lowest BCUT2D eigenvalue weighted by Gasteiger charge is -2.24. The van der Waals surface area contributed by atoms with Gasteiger partial charge in [0.15, 0.2) is 0 Å². The Morgan fingerprint density at radius 2 is 1.88 bits per heavy atom. The van der Waals surface area contributed by atoms with Gasteiger partial charge in [-0.15, -0.1) is 0 Å². The summed E-state index contributed by atoms with van der Waals surface area (Å²) < 4.78 is 5.89. The van der Waals surface area contributed by atoms with Crippen LogP contribution in [0.15, 0.2) is 18.2 Å². The van der Waals surface area contributed by atoms with E-state index in [0.717, 1.165) is 31.7 Å².